The molecule has 0 fully saturated rings. The van der Waals surface area contributed by atoms with Crippen LogP contribution in [0.3, 0.4) is 0 Å². The van der Waals surface area contributed by atoms with Crippen LogP contribution in [0.1, 0.15) is 0 Å². The SMILES string of the molecule is CN(C)CCNS(=O)(=O)c1ccc(B(O)O)cc1.CN(C)CCNS(=O)(=O)c1ccc(Br)cc1. The Morgan fingerprint density at radius 2 is 1.09 bits per heavy atom. The number of sulfonamides is 2. The monoisotopic (exact) mass is 578 g/mol. The Kier molecular flexibility index (Phi) is 12.9. The minimum atomic E-state index is -3.54. The summed E-state index contributed by atoms with van der Waals surface area (Å²) in [7, 11) is -1.00. The van der Waals surface area contributed by atoms with Crippen molar-refractivity contribution in [3.05, 3.63) is 53.0 Å². The lowest BCUT2D eigenvalue weighted by Crippen LogP contribution is -2.32. The van der Waals surface area contributed by atoms with Gasteiger partial charge in [-0.2, -0.15) is 0 Å². The highest BCUT2D eigenvalue weighted by Gasteiger charge is 2.16. The summed E-state index contributed by atoms with van der Waals surface area (Å²) in [5.41, 5.74) is 0.252. The summed E-state index contributed by atoms with van der Waals surface area (Å²) in [4.78, 5) is 4.18. The second-order valence-corrected chi connectivity index (χ2v) is 12.2. The maximum atomic E-state index is 11.8. The Hall–Kier alpha value is -1.36. The van der Waals surface area contributed by atoms with Crippen LogP contribution in [-0.4, -0.2) is 98.2 Å². The largest absolute Gasteiger partial charge is 0.488 e. The van der Waals surface area contributed by atoms with Crippen LogP contribution in [0.4, 0.5) is 0 Å². The molecule has 2 aromatic rings. The van der Waals surface area contributed by atoms with Crippen LogP contribution < -0.4 is 14.9 Å². The van der Waals surface area contributed by atoms with Crippen LogP contribution in [0.25, 0.3) is 0 Å². The first-order valence-corrected chi connectivity index (χ1v) is 14.0. The Bertz CT molecular complexity index is 1080. The van der Waals surface area contributed by atoms with Crippen molar-refractivity contribution in [2.75, 3.05) is 54.4 Å². The van der Waals surface area contributed by atoms with Crippen molar-refractivity contribution in [2.45, 2.75) is 9.79 Å². The van der Waals surface area contributed by atoms with E-state index in [4.69, 9.17) is 10.0 Å². The second-order valence-electron chi connectivity index (χ2n) is 7.80. The molecule has 190 valence electrons. The van der Waals surface area contributed by atoms with Gasteiger partial charge < -0.3 is 19.8 Å². The predicted octanol–water partition coefficient (Wildman–Crippen LogP) is -0.505. The smallest absolute Gasteiger partial charge is 0.423 e. The van der Waals surface area contributed by atoms with E-state index in [0.717, 1.165) is 4.47 Å². The standard InChI is InChI=1S/C10H17BN2O4S.C10H15BrN2O2S/c1-13(2)8-7-12-18(16,17)10-5-3-9(4-6-10)11(14)15;1-13(2)8-7-12-16(14,15)10-5-3-9(11)4-6-10/h3-6,12,14-15H,7-8H2,1-2H3;3-6,12H,7-8H2,1-2H3. The van der Waals surface area contributed by atoms with Crippen LogP contribution in [0.15, 0.2) is 62.8 Å². The van der Waals surface area contributed by atoms with E-state index in [1.54, 1.807) is 24.3 Å². The molecule has 0 heterocycles. The third kappa shape index (κ3) is 11.4. The summed E-state index contributed by atoms with van der Waals surface area (Å²) in [5.74, 6) is 0. The van der Waals surface area contributed by atoms with Gasteiger partial charge in [0, 0.05) is 30.7 Å². The molecule has 0 bridgehead atoms. The Balaban J connectivity index is 0.000000342. The third-order valence-corrected chi connectivity index (χ3v) is 7.80. The summed E-state index contributed by atoms with van der Waals surface area (Å²) in [6, 6.07) is 12.0. The fourth-order valence-corrected chi connectivity index (χ4v) is 4.71. The highest BCUT2D eigenvalue weighted by atomic mass is 79.9. The first-order valence-electron chi connectivity index (χ1n) is 10.2. The normalized spacial score (nSPS) is 11.9. The van der Waals surface area contributed by atoms with E-state index in [2.05, 4.69) is 25.4 Å². The molecule has 0 aliphatic rings. The minimum absolute atomic E-state index is 0.102. The summed E-state index contributed by atoms with van der Waals surface area (Å²) in [5, 5.41) is 17.8. The number of hydrogen-bond donors (Lipinski definition) is 4. The fraction of sp³-hybridized carbons (Fsp3) is 0.400. The second kappa shape index (κ2) is 14.3. The van der Waals surface area contributed by atoms with Crippen molar-refractivity contribution in [3.63, 3.8) is 0 Å². The van der Waals surface area contributed by atoms with Gasteiger partial charge in [-0.3, -0.25) is 0 Å². The molecule has 0 amide bonds. The number of benzene rings is 2. The number of likely N-dealkylation sites (N-methyl/N-ethyl adjacent to an activating group) is 2. The van der Waals surface area contributed by atoms with Gasteiger partial charge in [-0.05, 0) is 70.1 Å². The number of nitrogens with one attached hydrogen (secondary N) is 2. The summed E-state index contributed by atoms with van der Waals surface area (Å²) < 4.78 is 53.1. The van der Waals surface area contributed by atoms with Crippen molar-refractivity contribution in [1.82, 2.24) is 19.2 Å². The Labute approximate surface area is 211 Å². The molecule has 0 spiro atoms. The van der Waals surface area contributed by atoms with Gasteiger partial charge in [0.25, 0.3) is 0 Å². The van der Waals surface area contributed by atoms with Crippen LogP contribution >= 0.6 is 15.9 Å². The van der Waals surface area contributed by atoms with Gasteiger partial charge >= 0.3 is 7.12 Å². The molecular formula is C20H32BBrN4O6S2. The summed E-state index contributed by atoms with van der Waals surface area (Å²) in [6.45, 7) is 2.01. The lowest BCUT2D eigenvalue weighted by molar-refractivity contribution is 0.412. The predicted molar refractivity (Wildman–Crippen MR) is 138 cm³/mol. The van der Waals surface area contributed by atoms with Gasteiger partial charge in [0.1, 0.15) is 0 Å². The van der Waals surface area contributed by atoms with E-state index in [-0.39, 0.29) is 15.3 Å². The molecule has 34 heavy (non-hydrogen) atoms. The van der Waals surface area contributed by atoms with E-state index in [1.165, 1.54) is 24.3 Å². The zero-order chi connectivity index (χ0) is 25.9. The van der Waals surface area contributed by atoms with E-state index in [0.29, 0.717) is 26.2 Å². The average molecular weight is 579 g/mol. The summed E-state index contributed by atoms with van der Waals surface area (Å²) >= 11 is 3.26. The molecule has 2 aromatic carbocycles. The topological polar surface area (TPSA) is 139 Å². The van der Waals surface area contributed by atoms with Gasteiger partial charge in [-0.15, -0.1) is 0 Å². The van der Waals surface area contributed by atoms with Crippen LogP contribution in [-0.2, 0) is 20.0 Å². The van der Waals surface area contributed by atoms with Crippen molar-refractivity contribution in [3.8, 4) is 0 Å². The number of hydrogen-bond acceptors (Lipinski definition) is 8. The molecule has 0 aliphatic heterocycles. The molecular weight excluding hydrogens is 547 g/mol. The van der Waals surface area contributed by atoms with Crippen LogP contribution in [0.2, 0.25) is 0 Å². The number of rotatable bonds is 11. The maximum absolute atomic E-state index is 11.8. The first-order chi connectivity index (χ1) is 15.7. The molecule has 0 unspecified atom stereocenters. The molecule has 2 rings (SSSR count). The third-order valence-electron chi connectivity index (χ3n) is 4.31. The lowest BCUT2D eigenvalue weighted by Gasteiger charge is -2.11. The quantitative estimate of drug-likeness (QED) is 0.262. The van der Waals surface area contributed by atoms with Crippen molar-refractivity contribution in [2.24, 2.45) is 0 Å². The van der Waals surface area contributed by atoms with E-state index in [9.17, 15) is 16.8 Å². The van der Waals surface area contributed by atoms with Gasteiger partial charge in [-0.25, -0.2) is 26.3 Å². The molecule has 0 atom stereocenters. The van der Waals surface area contributed by atoms with Gasteiger partial charge in [0.15, 0.2) is 0 Å². The number of nitrogens with zero attached hydrogens (tertiary/aromatic N) is 2. The van der Waals surface area contributed by atoms with Crippen LogP contribution in [0.5, 0.6) is 0 Å². The van der Waals surface area contributed by atoms with Gasteiger partial charge in [0.2, 0.25) is 20.0 Å². The molecule has 10 nitrogen and oxygen atoms in total. The highest BCUT2D eigenvalue weighted by Crippen LogP contribution is 2.14. The van der Waals surface area contributed by atoms with Gasteiger partial charge in [-0.1, -0.05) is 28.1 Å². The molecule has 0 saturated heterocycles. The maximum Gasteiger partial charge on any atom is 0.488 e. The molecule has 0 aromatic heterocycles. The van der Waals surface area contributed by atoms with E-state index in [1.807, 2.05) is 38.0 Å². The van der Waals surface area contributed by atoms with E-state index < -0.39 is 27.2 Å². The minimum Gasteiger partial charge on any atom is -0.423 e. The zero-order valence-electron chi connectivity index (χ0n) is 19.6. The van der Waals surface area contributed by atoms with Gasteiger partial charge in [0.05, 0.1) is 9.79 Å². The average Bonchev–Trinajstić information content (AvgIpc) is 2.74. The molecule has 0 radical (unpaired) electrons. The van der Waals surface area contributed by atoms with E-state index >= 15 is 0 Å². The van der Waals surface area contributed by atoms with Crippen LogP contribution in [0, 0.1) is 0 Å². The van der Waals surface area contributed by atoms with Crippen molar-refractivity contribution in [1.29, 1.82) is 0 Å². The zero-order valence-corrected chi connectivity index (χ0v) is 22.9. The molecule has 0 aliphatic carbocycles. The molecule has 14 heteroatoms. The molecule has 0 saturated carbocycles. The lowest BCUT2D eigenvalue weighted by atomic mass is 9.81. The van der Waals surface area contributed by atoms with Crippen molar-refractivity contribution < 1.29 is 26.9 Å². The molecule has 4 N–H and O–H groups in total. The van der Waals surface area contributed by atoms with Crippen molar-refractivity contribution >= 4 is 48.6 Å². The fourth-order valence-electron chi connectivity index (χ4n) is 2.41. The Morgan fingerprint density at radius 3 is 1.41 bits per heavy atom. The number of halogens is 1. The highest BCUT2D eigenvalue weighted by molar-refractivity contribution is 9.10. The Morgan fingerprint density at radius 1 is 0.735 bits per heavy atom. The first kappa shape index (κ1) is 30.7. The summed E-state index contributed by atoms with van der Waals surface area (Å²) in [6.07, 6.45) is 0.